The largest absolute Gasteiger partial charge is 0.421 e. The van der Waals surface area contributed by atoms with Crippen LogP contribution in [0.4, 0.5) is 0 Å². The van der Waals surface area contributed by atoms with E-state index in [4.69, 9.17) is 15.6 Å². The van der Waals surface area contributed by atoms with E-state index in [0.717, 1.165) is 39.1 Å². The molecule has 0 atom stereocenters. The first-order chi connectivity index (χ1) is 29.6. The lowest BCUT2D eigenvalue weighted by atomic mass is 9.89. The highest BCUT2D eigenvalue weighted by Gasteiger charge is 2.16. The van der Waals surface area contributed by atoms with E-state index in [1.54, 1.807) is 12.1 Å². The van der Waals surface area contributed by atoms with E-state index >= 15 is 0 Å². The summed E-state index contributed by atoms with van der Waals surface area (Å²) in [7, 11) is 0. The third kappa shape index (κ3) is 6.86. The average molecular weight is 770 g/mol. The van der Waals surface area contributed by atoms with Crippen LogP contribution in [0.1, 0.15) is 11.1 Å². The number of para-hydroxylation sites is 1. The van der Waals surface area contributed by atoms with E-state index in [0.29, 0.717) is 11.1 Å². The van der Waals surface area contributed by atoms with Crippen molar-refractivity contribution < 1.29 is 4.74 Å². The summed E-state index contributed by atoms with van der Waals surface area (Å²) in [5.41, 5.74) is 16.2. The number of rotatable bonds is 8. The Morgan fingerprint density at radius 3 is 1.35 bits per heavy atom. The van der Waals surface area contributed by atoms with Crippen molar-refractivity contribution in [3.63, 3.8) is 0 Å². The summed E-state index contributed by atoms with van der Waals surface area (Å²) in [5, 5.41) is 19.3. The maximum atomic E-state index is 8.53. The molecule has 0 spiro atoms. The number of nitrogens with one attached hydrogen (secondary N) is 2. The van der Waals surface area contributed by atoms with Gasteiger partial charge in [0.25, 0.3) is 0 Å². The Balaban J connectivity index is 0.949. The van der Waals surface area contributed by atoms with Gasteiger partial charge in [0.2, 0.25) is 11.8 Å². The van der Waals surface area contributed by atoms with Crippen molar-refractivity contribution in [3.8, 4) is 61.3 Å². The normalized spacial score (nSPS) is 11.1. The summed E-state index contributed by atoms with van der Waals surface area (Å²) in [6.07, 6.45) is 0. The summed E-state index contributed by atoms with van der Waals surface area (Å²) in [6, 6.07) is 77.8. The molecule has 0 saturated carbocycles. The highest BCUT2D eigenvalue weighted by Crippen LogP contribution is 2.40. The molecule has 0 bridgehead atoms. The molecule has 0 unspecified atom stereocenters. The van der Waals surface area contributed by atoms with Crippen LogP contribution in [-0.2, 0) is 4.74 Å². The van der Waals surface area contributed by atoms with Crippen LogP contribution in [0, 0.1) is 10.8 Å². The number of fused-ring (bicyclic) bond motifs is 3. The minimum atomic E-state index is -0.0619. The van der Waals surface area contributed by atoms with Gasteiger partial charge in [0.05, 0.1) is 11.0 Å². The Morgan fingerprint density at radius 1 is 0.317 bits per heavy atom. The molecule has 0 saturated heterocycles. The van der Waals surface area contributed by atoms with Crippen LogP contribution < -0.4 is 0 Å². The van der Waals surface area contributed by atoms with Gasteiger partial charge in [-0.15, -0.1) is 0 Å². The molecular formula is C56H39N3O. The van der Waals surface area contributed by atoms with Crippen molar-refractivity contribution in [2.75, 3.05) is 0 Å². The van der Waals surface area contributed by atoms with E-state index in [9.17, 15) is 0 Å². The second-order valence-corrected chi connectivity index (χ2v) is 14.9. The molecule has 0 aliphatic heterocycles. The van der Waals surface area contributed by atoms with Crippen molar-refractivity contribution in [3.05, 3.63) is 236 Å². The zero-order chi connectivity index (χ0) is 40.4. The first-order valence-corrected chi connectivity index (χ1v) is 20.1. The topological polar surface area (TPSA) is 61.9 Å². The van der Waals surface area contributed by atoms with E-state index < -0.39 is 0 Å². The molecule has 9 aromatic carbocycles. The van der Waals surface area contributed by atoms with Gasteiger partial charge in [-0.25, -0.2) is 0 Å². The highest BCUT2D eigenvalue weighted by molar-refractivity contribution is 6.10. The van der Waals surface area contributed by atoms with E-state index in [1.807, 2.05) is 42.5 Å². The van der Waals surface area contributed by atoms with Gasteiger partial charge in [0.15, 0.2) is 0 Å². The van der Waals surface area contributed by atoms with Gasteiger partial charge < -0.3 is 9.30 Å². The number of hydrogen-bond acceptors (Lipinski definition) is 3. The van der Waals surface area contributed by atoms with Crippen LogP contribution in [0.5, 0.6) is 0 Å². The van der Waals surface area contributed by atoms with Crippen molar-refractivity contribution in [2.45, 2.75) is 0 Å². The Morgan fingerprint density at radius 2 is 0.733 bits per heavy atom. The third-order valence-electron chi connectivity index (χ3n) is 11.3. The van der Waals surface area contributed by atoms with Gasteiger partial charge in [0.1, 0.15) is 0 Å². The Kier molecular flexibility index (Phi) is 9.49. The lowest BCUT2D eigenvalue weighted by molar-refractivity contribution is 0.538. The molecule has 284 valence electrons. The minimum absolute atomic E-state index is 0.0507. The lowest BCUT2D eigenvalue weighted by Crippen LogP contribution is -2.12. The van der Waals surface area contributed by atoms with Crippen LogP contribution in [0.25, 0.3) is 83.1 Å². The average Bonchev–Trinajstić information content (AvgIpc) is 3.66. The van der Waals surface area contributed by atoms with Crippen LogP contribution >= 0.6 is 0 Å². The molecule has 4 nitrogen and oxygen atoms in total. The van der Waals surface area contributed by atoms with Gasteiger partial charge >= 0.3 is 0 Å². The fourth-order valence-corrected chi connectivity index (χ4v) is 8.26. The predicted molar refractivity (Wildman–Crippen MR) is 249 cm³/mol. The summed E-state index contributed by atoms with van der Waals surface area (Å²) in [4.78, 5) is 0. The van der Waals surface area contributed by atoms with Crippen molar-refractivity contribution in [1.29, 1.82) is 10.8 Å². The summed E-state index contributed by atoms with van der Waals surface area (Å²) in [5.74, 6) is -0.113. The second-order valence-electron chi connectivity index (χ2n) is 14.9. The van der Waals surface area contributed by atoms with Crippen LogP contribution in [0.3, 0.4) is 0 Å². The predicted octanol–water partition coefficient (Wildman–Crippen LogP) is 14.5. The number of nitrogens with zero attached hydrogens (tertiary/aromatic N) is 1. The van der Waals surface area contributed by atoms with Gasteiger partial charge in [-0.1, -0.05) is 170 Å². The quantitative estimate of drug-likeness (QED) is 0.117. The maximum absolute atomic E-state index is 8.53. The zero-order valence-electron chi connectivity index (χ0n) is 32.7. The summed E-state index contributed by atoms with van der Waals surface area (Å²) < 4.78 is 7.97. The molecule has 4 heteroatoms. The molecule has 0 radical (unpaired) electrons. The van der Waals surface area contributed by atoms with Gasteiger partial charge in [0, 0.05) is 27.6 Å². The Labute approximate surface area is 349 Å². The van der Waals surface area contributed by atoms with Gasteiger partial charge in [-0.05, 0) is 110 Å². The van der Waals surface area contributed by atoms with Crippen molar-refractivity contribution in [2.24, 2.45) is 0 Å². The fourth-order valence-electron chi connectivity index (χ4n) is 8.26. The number of benzene rings is 9. The number of aromatic nitrogens is 1. The second kappa shape index (κ2) is 15.7. The van der Waals surface area contributed by atoms with Gasteiger partial charge in [-0.3, -0.25) is 10.8 Å². The molecule has 1 heterocycles. The Hall–Kier alpha value is -8.08. The molecule has 2 N–H and O–H groups in total. The number of hydrogen-bond donors (Lipinski definition) is 2. The van der Waals surface area contributed by atoms with Crippen LogP contribution in [-0.4, -0.2) is 16.4 Å². The molecule has 0 fully saturated rings. The Bertz CT molecular complexity index is 3170. The zero-order valence-corrected chi connectivity index (χ0v) is 32.7. The standard InChI is InChI=1S/C56H39N3O/c57-55(43-15-5-2-6-16-43)60-56(58)44-29-27-41(28-30-44)47-17-7-9-19-49(47)50-20-10-8-18-48(50)42-31-34-46(35-32-42)59-53-22-12-11-21-51(53)52-37-45(33-36-54(52)59)40-25-23-39(24-26-40)38-13-3-1-4-14-38/h1-37,57-58H. The minimum Gasteiger partial charge on any atom is -0.421 e. The third-order valence-corrected chi connectivity index (χ3v) is 11.3. The smallest absolute Gasteiger partial charge is 0.221 e. The monoisotopic (exact) mass is 769 g/mol. The summed E-state index contributed by atoms with van der Waals surface area (Å²) >= 11 is 0. The first kappa shape index (κ1) is 36.3. The van der Waals surface area contributed by atoms with Crippen molar-refractivity contribution in [1.82, 2.24) is 4.57 Å². The van der Waals surface area contributed by atoms with E-state index in [2.05, 4.69) is 174 Å². The molecule has 60 heavy (non-hydrogen) atoms. The van der Waals surface area contributed by atoms with E-state index in [-0.39, 0.29) is 11.8 Å². The number of ether oxygens (including phenoxy) is 1. The molecular weight excluding hydrogens is 731 g/mol. The lowest BCUT2D eigenvalue weighted by Gasteiger charge is -2.16. The molecule has 0 amide bonds. The SMILES string of the molecule is N=C(OC(=N)c1ccc(-c2ccccc2-c2ccccc2-c2ccc(-n3c4ccccc4c4cc(-c5ccc(-c6ccccc6)cc5)ccc43)cc2)cc1)c1ccccc1. The molecule has 0 aliphatic rings. The highest BCUT2D eigenvalue weighted by atomic mass is 16.5. The van der Waals surface area contributed by atoms with E-state index in [1.165, 1.54) is 44.1 Å². The van der Waals surface area contributed by atoms with Crippen molar-refractivity contribution >= 4 is 33.6 Å². The molecule has 1 aromatic heterocycles. The first-order valence-electron chi connectivity index (χ1n) is 20.1. The molecule has 10 rings (SSSR count). The van der Waals surface area contributed by atoms with Crippen LogP contribution in [0.2, 0.25) is 0 Å². The van der Waals surface area contributed by atoms with Crippen LogP contribution in [0.15, 0.2) is 224 Å². The molecule has 10 aromatic rings. The fraction of sp³-hybridized carbons (Fsp3) is 0. The summed E-state index contributed by atoms with van der Waals surface area (Å²) in [6.45, 7) is 0. The molecule has 0 aliphatic carbocycles. The maximum Gasteiger partial charge on any atom is 0.221 e. The van der Waals surface area contributed by atoms with Gasteiger partial charge in [-0.2, -0.15) is 0 Å².